The van der Waals surface area contributed by atoms with Crippen LogP contribution in [0.5, 0.6) is 0 Å². The molecule has 0 aromatic rings. The lowest BCUT2D eigenvalue weighted by Crippen LogP contribution is -2.42. The average molecular weight is 278 g/mol. The van der Waals surface area contributed by atoms with Crippen molar-refractivity contribution in [1.82, 2.24) is 0 Å². The largest absolute Gasteiger partial charge is 0.500 e. The van der Waals surface area contributed by atoms with Crippen molar-refractivity contribution in [2.75, 3.05) is 27.9 Å². The highest BCUT2D eigenvalue weighted by molar-refractivity contribution is 6.60. The van der Waals surface area contributed by atoms with E-state index in [2.05, 4.69) is 0 Å². The van der Waals surface area contributed by atoms with Crippen LogP contribution < -0.4 is 0 Å². The third-order valence-electron chi connectivity index (χ3n) is 2.55. The van der Waals surface area contributed by atoms with E-state index in [1.54, 1.807) is 28.3 Å². The topological polar surface area (TPSA) is 54.0 Å². The van der Waals surface area contributed by atoms with Crippen molar-refractivity contribution in [3.8, 4) is 0 Å². The fourth-order valence-corrected chi connectivity index (χ4v) is 3.17. The van der Waals surface area contributed by atoms with Gasteiger partial charge in [-0.1, -0.05) is 5.70 Å². The van der Waals surface area contributed by atoms with E-state index in [1.807, 2.05) is 5.70 Å². The molecule has 0 bridgehead atoms. The van der Waals surface area contributed by atoms with Crippen molar-refractivity contribution >= 4 is 25.0 Å². The molecule has 0 fully saturated rings. The summed E-state index contributed by atoms with van der Waals surface area (Å²) in [6.07, 6.45) is 0.669. The van der Waals surface area contributed by atoms with Gasteiger partial charge < -0.3 is 18.0 Å². The van der Waals surface area contributed by atoms with Gasteiger partial charge in [0.1, 0.15) is 0 Å². The Kier molecular flexibility index (Phi) is 8.35. The van der Waals surface area contributed by atoms with Gasteiger partial charge in [-0.3, -0.25) is 0 Å². The van der Waals surface area contributed by atoms with E-state index in [4.69, 9.17) is 18.0 Å². The molecular formula is C10H22O5Si2. The predicted octanol–water partition coefficient (Wildman–Crippen LogP) is 0.0670. The highest BCUT2D eigenvalue weighted by atomic mass is 28.4. The first kappa shape index (κ1) is 16.5. The SMILES string of the molecule is CO[Si](CCCOC(=O)C(C)=C[SiH3])(OC)OC. The average Bonchev–Trinajstić information content (AvgIpc) is 2.38. The van der Waals surface area contributed by atoms with Gasteiger partial charge in [0.25, 0.3) is 0 Å². The number of hydrogen-bond donors (Lipinski definition) is 0. The van der Waals surface area contributed by atoms with Crippen LogP contribution in [0.2, 0.25) is 6.04 Å². The van der Waals surface area contributed by atoms with E-state index in [9.17, 15) is 4.79 Å². The van der Waals surface area contributed by atoms with Gasteiger partial charge in [-0.25, -0.2) is 4.79 Å². The van der Waals surface area contributed by atoms with Crippen molar-refractivity contribution in [2.45, 2.75) is 19.4 Å². The Hall–Kier alpha value is -0.476. The summed E-state index contributed by atoms with van der Waals surface area (Å²) in [4.78, 5) is 11.4. The maximum Gasteiger partial charge on any atom is 0.500 e. The normalized spacial score (nSPS) is 12.8. The van der Waals surface area contributed by atoms with Crippen LogP contribution >= 0.6 is 0 Å². The second-order valence-corrected chi connectivity index (χ2v) is 7.17. The zero-order valence-corrected chi connectivity index (χ0v) is 14.2. The molecule has 0 radical (unpaired) electrons. The Morgan fingerprint density at radius 3 is 2.18 bits per heavy atom. The van der Waals surface area contributed by atoms with Crippen LogP contribution in [0.4, 0.5) is 0 Å². The van der Waals surface area contributed by atoms with Gasteiger partial charge in [-0.15, -0.1) is 0 Å². The number of carbonyl (C=O) groups is 1. The summed E-state index contributed by atoms with van der Waals surface area (Å²) in [5.41, 5.74) is 2.53. The molecule has 0 aliphatic heterocycles. The van der Waals surface area contributed by atoms with E-state index in [-0.39, 0.29) is 5.97 Å². The predicted molar refractivity (Wildman–Crippen MR) is 70.9 cm³/mol. The minimum absolute atomic E-state index is 0.250. The van der Waals surface area contributed by atoms with Crippen LogP contribution in [0.15, 0.2) is 11.3 Å². The fraction of sp³-hybridized carbons (Fsp3) is 0.700. The number of rotatable bonds is 8. The fourth-order valence-electron chi connectivity index (χ4n) is 1.24. The summed E-state index contributed by atoms with van der Waals surface area (Å²) < 4.78 is 20.9. The molecular weight excluding hydrogens is 256 g/mol. The molecule has 0 aliphatic carbocycles. The third kappa shape index (κ3) is 5.60. The van der Waals surface area contributed by atoms with Gasteiger partial charge in [0, 0.05) is 43.2 Å². The summed E-state index contributed by atoms with van der Waals surface area (Å²) in [6.45, 7) is 2.12. The van der Waals surface area contributed by atoms with Crippen molar-refractivity contribution in [3.05, 3.63) is 11.3 Å². The molecule has 17 heavy (non-hydrogen) atoms. The van der Waals surface area contributed by atoms with E-state index in [1.165, 1.54) is 0 Å². The van der Waals surface area contributed by atoms with Crippen LogP contribution in [0.25, 0.3) is 0 Å². The Morgan fingerprint density at radius 1 is 1.24 bits per heavy atom. The minimum atomic E-state index is -2.52. The van der Waals surface area contributed by atoms with Crippen LogP contribution in [0, 0.1) is 0 Å². The maximum absolute atomic E-state index is 11.4. The van der Waals surface area contributed by atoms with Crippen molar-refractivity contribution in [2.24, 2.45) is 0 Å². The zero-order valence-electron chi connectivity index (χ0n) is 11.2. The van der Waals surface area contributed by atoms with Crippen molar-refractivity contribution < 1.29 is 22.8 Å². The lowest BCUT2D eigenvalue weighted by molar-refractivity contribution is -0.139. The zero-order chi connectivity index (χ0) is 13.3. The van der Waals surface area contributed by atoms with Crippen LogP contribution in [0.1, 0.15) is 13.3 Å². The summed E-state index contributed by atoms with van der Waals surface area (Å²) in [6, 6.07) is 0.632. The summed E-state index contributed by atoms with van der Waals surface area (Å²) >= 11 is 0. The lowest BCUT2D eigenvalue weighted by atomic mass is 10.4. The summed E-state index contributed by atoms with van der Waals surface area (Å²) in [7, 11) is 3.04. The van der Waals surface area contributed by atoms with Crippen LogP contribution in [-0.4, -0.2) is 53.0 Å². The van der Waals surface area contributed by atoms with Gasteiger partial charge in [-0.05, 0) is 13.3 Å². The lowest BCUT2D eigenvalue weighted by Gasteiger charge is -2.24. The molecule has 0 aromatic heterocycles. The monoisotopic (exact) mass is 278 g/mol. The quantitative estimate of drug-likeness (QED) is 0.272. The molecule has 0 amide bonds. The highest BCUT2D eigenvalue weighted by Gasteiger charge is 2.36. The molecule has 0 rings (SSSR count). The van der Waals surface area contributed by atoms with E-state index >= 15 is 0 Å². The van der Waals surface area contributed by atoms with E-state index in [0.29, 0.717) is 24.6 Å². The van der Waals surface area contributed by atoms with Crippen molar-refractivity contribution in [3.63, 3.8) is 0 Å². The first-order chi connectivity index (χ1) is 8.05. The highest BCUT2D eigenvalue weighted by Crippen LogP contribution is 2.14. The van der Waals surface area contributed by atoms with Crippen molar-refractivity contribution in [1.29, 1.82) is 0 Å². The smallest absolute Gasteiger partial charge is 0.462 e. The Balaban J connectivity index is 3.95. The number of ether oxygens (including phenoxy) is 1. The molecule has 0 unspecified atom stereocenters. The summed E-state index contributed by atoms with van der Waals surface area (Å²) in [5, 5.41) is 0. The van der Waals surface area contributed by atoms with Gasteiger partial charge >= 0.3 is 14.8 Å². The van der Waals surface area contributed by atoms with E-state index < -0.39 is 8.80 Å². The maximum atomic E-state index is 11.4. The second-order valence-electron chi connectivity index (χ2n) is 3.51. The first-order valence-corrected chi connectivity index (χ1v) is 8.59. The van der Waals surface area contributed by atoms with Gasteiger partial charge in [-0.2, -0.15) is 0 Å². The molecule has 5 nitrogen and oxygen atoms in total. The number of esters is 1. The molecule has 0 saturated heterocycles. The van der Waals surface area contributed by atoms with Crippen LogP contribution in [0.3, 0.4) is 0 Å². The van der Waals surface area contributed by atoms with Crippen LogP contribution in [-0.2, 0) is 22.8 Å². The Bertz CT molecular complexity index is 255. The molecule has 0 N–H and O–H groups in total. The second kappa shape index (κ2) is 8.59. The Morgan fingerprint density at radius 2 is 1.76 bits per heavy atom. The minimum Gasteiger partial charge on any atom is -0.462 e. The Labute approximate surface area is 107 Å². The van der Waals surface area contributed by atoms with Gasteiger partial charge in [0.05, 0.1) is 6.61 Å². The molecule has 0 aliphatic rings. The molecule has 0 heterocycles. The number of hydrogen-bond acceptors (Lipinski definition) is 5. The third-order valence-corrected chi connectivity index (χ3v) is 6.25. The molecule has 0 atom stereocenters. The molecule has 7 heteroatoms. The van der Waals surface area contributed by atoms with E-state index in [0.717, 1.165) is 10.2 Å². The number of carbonyl (C=O) groups excluding carboxylic acids is 1. The molecule has 0 spiro atoms. The molecule has 100 valence electrons. The standard InChI is InChI=1S/C10H22O5Si2/c1-9(8-16)10(11)15-6-5-7-17(12-2,13-3)14-4/h8H,5-7H2,1-4,16H3. The first-order valence-electron chi connectivity index (χ1n) is 5.50. The molecule has 0 saturated carbocycles. The van der Waals surface area contributed by atoms with Gasteiger partial charge in [0.2, 0.25) is 0 Å². The van der Waals surface area contributed by atoms with Gasteiger partial charge in [0.15, 0.2) is 0 Å². The summed E-state index contributed by atoms with van der Waals surface area (Å²) in [5.74, 6) is -0.250. The molecule has 0 aromatic carbocycles.